The topological polar surface area (TPSA) is 56.2 Å². The number of anilines is 2. The number of hydrogen-bond acceptors (Lipinski definition) is 4. The van der Waals surface area contributed by atoms with Crippen molar-refractivity contribution in [3.8, 4) is 11.5 Å². The molecule has 19 heavy (non-hydrogen) atoms. The fourth-order valence-corrected chi connectivity index (χ4v) is 1.59. The highest BCUT2D eigenvalue weighted by Gasteiger charge is 2.17. The Morgan fingerprint density at radius 1 is 1.32 bits per heavy atom. The molecule has 0 saturated heterocycles. The number of nitrogens with zero attached hydrogens (tertiary/aromatic N) is 2. The molecular formula is C14H19N3O2. The maximum Gasteiger partial charge on any atom is 0.349 e. The lowest BCUT2D eigenvalue weighted by Gasteiger charge is -2.20. The van der Waals surface area contributed by atoms with Gasteiger partial charge in [0.2, 0.25) is 0 Å². The first-order valence-electron chi connectivity index (χ1n) is 6.27. The Labute approximate surface area is 113 Å². The molecule has 0 unspecified atom stereocenters. The summed E-state index contributed by atoms with van der Waals surface area (Å²) >= 11 is 0. The minimum absolute atomic E-state index is 0. The summed E-state index contributed by atoms with van der Waals surface area (Å²) in [5.41, 5.74) is 0.505. The van der Waals surface area contributed by atoms with Crippen molar-refractivity contribution < 1.29 is 6.16 Å². The number of fused-ring (bicyclic) bond motifs is 2. The summed E-state index contributed by atoms with van der Waals surface area (Å²) in [5.74, 6) is 1.75. The van der Waals surface area contributed by atoms with Crippen molar-refractivity contribution in [2.75, 3.05) is 5.32 Å². The second kappa shape index (κ2) is 5.56. The monoisotopic (exact) mass is 261 g/mol. The van der Waals surface area contributed by atoms with Crippen molar-refractivity contribution >= 4 is 11.5 Å². The lowest BCUT2D eigenvalue weighted by Crippen LogP contribution is -2.22. The SMILES string of the molecule is CCC.Cn1cc2c(nc1=O)Nc1ccccc1O2.[HH]. The van der Waals surface area contributed by atoms with Crippen molar-refractivity contribution in [3.63, 3.8) is 0 Å². The van der Waals surface area contributed by atoms with E-state index in [0.717, 1.165) is 11.4 Å². The Hall–Kier alpha value is -2.30. The van der Waals surface area contributed by atoms with Crippen LogP contribution in [0.4, 0.5) is 11.5 Å². The van der Waals surface area contributed by atoms with Gasteiger partial charge in [-0.2, -0.15) is 4.98 Å². The Balaban J connectivity index is 0.000000462. The number of aryl methyl sites for hydroxylation is 1. The van der Waals surface area contributed by atoms with Gasteiger partial charge in [-0.05, 0) is 12.1 Å². The number of hydrogen-bond donors (Lipinski definition) is 1. The van der Waals surface area contributed by atoms with Gasteiger partial charge in [-0.3, -0.25) is 4.57 Å². The minimum atomic E-state index is -0.311. The van der Waals surface area contributed by atoms with Gasteiger partial charge >= 0.3 is 5.69 Å². The van der Waals surface area contributed by atoms with Gasteiger partial charge in [0.05, 0.1) is 11.9 Å². The van der Waals surface area contributed by atoms with Crippen molar-refractivity contribution in [2.45, 2.75) is 20.3 Å². The fraction of sp³-hybridized carbons (Fsp3) is 0.286. The first-order chi connectivity index (χ1) is 9.15. The maximum absolute atomic E-state index is 11.4. The average molecular weight is 261 g/mol. The molecule has 1 aromatic carbocycles. The molecule has 5 heteroatoms. The molecule has 0 amide bonds. The van der Waals surface area contributed by atoms with Crippen molar-refractivity contribution in [1.82, 2.24) is 9.55 Å². The highest BCUT2D eigenvalue weighted by atomic mass is 16.5. The zero-order valence-electron chi connectivity index (χ0n) is 11.3. The number of benzene rings is 1. The van der Waals surface area contributed by atoms with E-state index in [0.29, 0.717) is 11.6 Å². The van der Waals surface area contributed by atoms with E-state index in [-0.39, 0.29) is 7.12 Å². The highest BCUT2D eigenvalue weighted by Crippen LogP contribution is 2.39. The van der Waals surface area contributed by atoms with Crippen LogP contribution in [0.5, 0.6) is 11.5 Å². The van der Waals surface area contributed by atoms with Crippen LogP contribution in [0.25, 0.3) is 0 Å². The quantitative estimate of drug-likeness (QED) is 0.674. The van der Waals surface area contributed by atoms with Crippen LogP contribution in [0.15, 0.2) is 35.3 Å². The van der Waals surface area contributed by atoms with Crippen LogP contribution in [0, 0.1) is 0 Å². The molecule has 5 nitrogen and oxygen atoms in total. The van der Waals surface area contributed by atoms with E-state index in [1.54, 1.807) is 13.2 Å². The molecule has 2 heterocycles. The van der Waals surface area contributed by atoms with E-state index in [2.05, 4.69) is 24.1 Å². The summed E-state index contributed by atoms with van der Waals surface area (Å²) in [4.78, 5) is 15.2. The van der Waals surface area contributed by atoms with Crippen LogP contribution in [0.2, 0.25) is 0 Å². The van der Waals surface area contributed by atoms with E-state index in [9.17, 15) is 4.79 Å². The lowest BCUT2D eigenvalue weighted by atomic mass is 10.2. The Bertz CT molecular complexity index is 641. The van der Waals surface area contributed by atoms with Gasteiger partial charge in [-0.1, -0.05) is 32.4 Å². The zero-order valence-corrected chi connectivity index (χ0v) is 11.3. The largest absolute Gasteiger partial charge is 0.450 e. The standard InChI is InChI=1S/C11H9N3O2.C3H8.H2/c1-14-6-9-10(13-11(14)15)12-7-4-2-3-5-8(7)16-9;1-3-2;/h2-6H,1H3,(H,12,13,15);3H2,1-2H3;1H. The van der Waals surface area contributed by atoms with Gasteiger partial charge in [0, 0.05) is 8.47 Å². The Kier molecular flexibility index (Phi) is 3.85. The van der Waals surface area contributed by atoms with Gasteiger partial charge in [-0.15, -0.1) is 0 Å². The Morgan fingerprint density at radius 2 is 2.00 bits per heavy atom. The van der Waals surface area contributed by atoms with Crippen LogP contribution in [0.3, 0.4) is 0 Å². The summed E-state index contributed by atoms with van der Waals surface area (Å²) in [6, 6.07) is 7.51. The maximum atomic E-state index is 11.4. The van der Waals surface area contributed by atoms with Gasteiger partial charge in [-0.25, -0.2) is 4.79 Å². The molecule has 2 aromatic rings. The summed E-state index contributed by atoms with van der Waals surface area (Å²) in [6.45, 7) is 4.25. The van der Waals surface area contributed by atoms with Crippen molar-refractivity contribution in [2.24, 2.45) is 7.05 Å². The first kappa shape index (κ1) is 13.1. The van der Waals surface area contributed by atoms with Gasteiger partial charge in [0.15, 0.2) is 17.3 Å². The molecule has 0 fully saturated rings. The third-order valence-electron chi connectivity index (χ3n) is 2.41. The van der Waals surface area contributed by atoms with Crippen molar-refractivity contribution in [3.05, 3.63) is 40.9 Å². The van der Waals surface area contributed by atoms with Crippen LogP contribution in [-0.4, -0.2) is 9.55 Å². The third-order valence-corrected chi connectivity index (χ3v) is 2.41. The molecule has 102 valence electrons. The van der Waals surface area contributed by atoms with Crippen molar-refractivity contribution in [1.29, 1.82) is 0 Å². The van der Waals surface area contributed by atoms with Crippen LogP contribution in [-0.2, 0) is 7.05 Å². The van der Waals surface area contributed by atoms with Gasteiger partial charge in [0.1, 0.15) is 0 Å². The number of rotatable bonds is 0. The van der Waals surface area contributed by atoms with E-state index in [4.69, 9.17) is 4.74 Å². The smallest absolute Gasteiger partial charge is 0.349 e. The minimum Gasteiger partial charge on any atom is -0.450 e. The predicted molar refractivity (Wildman–Crippen MR) is 77.4 cm³/mol. The first-order valence-corrected chi connectivity index (χ1v) is 6.27. The molecule has 0 radical (unpaired) electrons. The molecule has 0 aliphatic carbocycles. The number of ether oxygens (including phenoxy) is 1. The molecule has 0 saturated carbocycles. The zero-order chi connectivity index (χ0) is 13.8. The molecular weight excluding hydrogens is 242 g/mol. The third kappa shape index (κ3) is 2.76. The average Bonchev–Trinajstić information content (AvgIpc) is 2.39. The molecule has 1 aliphatic rings. The normalized spacial score (nSPS) is 11.1. The lowest BCUT2D eigenvalue weighted by molar-refractivity contribution is 0.470. The summed E-state index contributed by atoms with van der Waals surface area (Å²) in [6.07, 6.45) is 2.87. The summed E-state index contributed by atoms with van der Waals surface area (Å²) in [5, 5.41) is 3.06. The molecule has 0 spiro atoms. The van der Waals surface area contributed by atoms with Crippen LogP contribution in [0.1, 0.15) is 21.7 Å². The second-order valence-electron chi connectivity index (χ2n) is 4.28. The summed E-state index contributed by atoms with van der Waals surface area (Å²) in [7, 11) is 1.64. The second-order valence-corrected chi connectivity index (χ2v) is 4.28. The molecule has 1 aliphatic heterocycles. The number of para-hydroxylation sites is 2. The molecule has 1 N–H and O–H groups in total. The van der Waals surface area contributed by atoms with Gasteiger partial charge in [0.25, 0.3) is 0 Å². The number of nitrogens with one attached hydrogen (secondary N) is 1. The van der Waals surface area contributed by atoms with E-state index >= 15 is 0 Å². The number of aromatic nitrogens is 2. The molecule has 3 rings (SSSR count). The molecule has 1 aromatic heterocycles. The predicted octanol–water partition coefficient (Wildman–Crippen LogP) is 3.29. The van der Waals surface area contributed by atoms with E-state index in [1.807, 2.05) is 24.3 Å². The summed E-state index contributed by atoms with van der Waals surface area (Å²) < 4.78 is 7.01. The highest BCUT2D eigenvalue weighted by molar-refractivity contribution is 5.72. The van der Waals surface area contributed by atoms with E-state index in [1.165, 1.54) is 11.0 Å². The molecule has 0 atom stereocenters. The molecule has 0 bridgehead atoms. The van der Waals surface area contributed by atoms with Crippen LogP contribution >= 0.6 is 0 Å². The Morgan fingerprint density at radius 3 is 2.74 bits per heavy atom. The van der Waals surface area contributed by atoms with Crippen LogP contribution < -0.4 is 15.7 Å². The van der Waals surface area contributed by atoms with E-state index < -0.39 is 0 Å². The fourth-order valence-electron chi connectivity index (χ4n) is 1.59. The van der Waals surface area contributed by atoms with Gasteiger partial charge < -0.3 is 10.1 Å².